The van der Waals surface area contributed by atoms with E-state index < -0.39 is 0 Å². The van der Waals surface area contributed by atoms with Crippen molar-refractivity contribution < 1.29 is 19.0 Å². The number of likely N-dealkylation sites (tertiary alicyclic amines) is 1. The molecule has 40 heavy (non-hydrogen) atoms. The van der Waals surface area contributed by atoms with Crippen molar-refractivity contribution in [1.29, 1.82) is 0 Å². The SMILES string of the molecule is CCc1c(F)ccc2cc(O)cc(N3Cc4nc(OCCCN5CCCC5)nc(N5CCCCCC5)c4C3=O)c12. The maximum absolute atomic E-state index is 14.9. The van der Waals surface area contributed by atoms with Crippen LogP contribution < -0.4 is 14.5 Å². The van der Waals surface area contributed by atoms with Crippen molar-refractivity contribution >= 4 is 28.2 Å². The number of aromatic nitrogens is 2. The van der Waals surface area contributed by atoms with E-state index in [2.05, 4.69) is 9.80 Å². The lowest BCUT2D eigenvalue weighted by atomic mass is 9.99. The van der Waals surface area contributed by atoms with Crippen LogP contribution in [-0.2, 0) is 13.0 Å². The van der Waals surface area contributed by atoms with Crippen LogP contribution in [0.2, 0.25) is 0 Å². The highest BCUT2D eigenvalue weighted by atomic mass is 19.1. The molecule has 0 atom stereocenters. The van der Waals surface area contributed by atoms with E-state index in [1.54, 1.807) is 23.1 Å². The highest BCUT2D eigenvalue weighted by molar-refractivity contribution is 6.16. The highest BCUT2D eigenvalue weighted by Gasteiger charge is 2.37. The number of aromatic hydroxyl groups is 1. The molecular weight excluding hydrogens is 509 g/mol. The van der Waals surface area contributed by atoms with Gasteiger partial charge in [-0.1, -0.05) is 25.8 Å². The molecule has 1 N–H and O–H groups in total. The summed E-state index contributed by atoms with van der Waals surface area (Å²) in [4.78, 5) is 29.9. The molecule has 2 fully saturated rings. The summed E-state index contributed by atoms with van der Waals surface area (Å²) in [6.07, 6.45) is 8.28. The molecule has 2 saturated heterocycles. The Bertz CT molecular complexity index is 1400. The Morgan fingerprint density at radius 1 is 1.00 bits per heavy atom. The fourth-order valence-corrected chi connectivity index (χ4v) is 6.43. The number of aryl methyl sites for hydroxylation is 1. The quantitative estimate of drug-likeness (QED) is 0.376. The largest absolute Gasteiger partial charge is 0.508 e. The smallest absolute Gasteiger partial charge is 0.318 e. The van der Waals surface area contributed by atoms with Crippen LogP contribution in [0.4, 0.5) is 15.9 Å². The summed E-state index contributed by atoms with van der Waals surface area (Å²) in [6, 6.07) is 6.54. The number of amides is 1. The Balaban J connectivity index is 1.35. The first-order valence-corrected chi connectivity index (χ1v) is 14.8. The van der Waals surface area contributed by atoms with Gasteiger partial charge in [0, 0.05) is 31.1 Å². The third-order valence-corrected chi connectivity index (χ3v) is 8.44. The van der Waals surface area contributed by atoms with E-state index in [0.29, 0.717) is 58.1 Å². The molecule has 0 unspecified atom stereocenters. The number of phenols is 1. The second-order valence-corrected chi connectivity index (χ2v) is 11.1. The van der Waals surface area contributed by atoms with Gasteiger partial charge in [0.15, 0.2) is 0 Å². The van der Waals surface area contributed by atoms with Gasteiger partial charge < -0.3 is 24.5 Å². The summed E-state index contributed by atoms with van der Waals surface area (Å²) in [7, 11) is 0. The van der Waals surface area contributed by atoms with E-state index in [4.69, 9.17) is 14.7 Å². The van der Waals surface area contributed by atoms with E-state index in [1.165, 1.54) is 18.9 Å². The van der Waals surface area contributed by atoms with Crippen LogP contribution in [0.3, 0.4) is 0 Å². The Morgan fingerprint density at radius 2 is 1.75 bits per heavy atom. The zero-order chi connectivity index (χ0) is 27.6. The van der Waals surface area contributed by atoms with Gasteiger partial charge in [-0.25, -0.2) is 4.39 Å². The maximum Gasteiger partial charge on any atom is 0.318 e. The molecule has 0 radical (unpaired) electrons. The van der Waals surface area contributed by atoms with Crippen LogP contribution >= 0.6 is 0 Å². The number of fused-ring (bicyclic) bond motifs is 2. The molecule has 2 aromatic carbocycles. The van der Waals surface area contributed by atoms with Gasteiger partial charge >= 0.3 is 6.01 Å². The van der Waals surface area contributed by atoms with Crippen molar-refractivity contribution in [1.82, 2.24) is 14.9 Å². The zero-order valence-corrected chi connectivity index (χ0v) is 23.3. The Labute approximate surface area is 234 Å². The Hall–Kier alpha value is -3.46. The summed E-state index contributed by atoms with van der Waals surface area (Å²) >= 11 is 0. The number of carbonyl (C=O) groups excluding carboxylic acids is 1. The van der Waals surface area contributed by atoms with Crippen LogP contribution in [0.25, 0.3) is 10.8 Å². The van der Waals surface area contributed by atoms with Gasteiger partial charge in [-0.2, -0.15) is 9.97 Å². The molecule has 212 valence electrons. The molecule has 0 aliphatic carbocycles. The molecule has 1 amide bonds. The molecule has 4 heterocycles. The van der Waals surface area contributed by atoms with Gasteiger partial charge in [0.1, 0.15) is 22.9 Å². The standard InChI is InChI=1S/C31H38FN5O3/c1-2-23-24(32)11-10-21-18-22(38)19-26(27(21)23)37-20-25-28(30(37)39)29(36-15-5-3-4-6-16-36)34-31(33-25)40-17-9-14-35-12-7-8-13-35/h10-11,18-19,38H,2-9,12-17,20H2,1H3. The van der Waals surface area contributed by atoms with Gasteiger partial charge in [0.05, 0.1) is 24.5 Å². The number of rotatable bonds is 8. The summed E-state index contributed by atoms with van der Waals surface area (Å²) in [5, 5.41) is 11.9. The first kappa shape index (κ1) is 26.7. The summed E-state index contributed by atoms with van der Waals surface area (Å²) in [6.45, 7) is 7.57. The van der Waals surface area contributed by atoms with Crippen molar-refractivity contribution in [3.8, 4) is 11.8 Å². The summed E-state index contributed by atoms with van der Waals surface area (Å²) < 4.78 is 21.0. The maximum atomic E-state index is 14.9. The minimum atomic E-state index is -0.319. The number of benzene rings is 2. The fraction of sp³-hybridized carbons (Fsp3) is 0.516. The number of carbonyl (C=O) groups is 1. The molecule has 1 aromatic heterocycles. The first-order chi connectivity index (χ1) is 19.5. The third-order valence-electron chi connectivity index (χ3n) is 8.44. The van der Waals surface area contributed by atoms with Gasteiger partial charge in [-0.05, 0) is 74.7 Å². The monoisotopic (exact) mass is 547 g/mol. The zero-order valence-electron chi connectivity index (χ0n) is 23.3. The van der Waals surface area contributed by atoms with Gasteiger partial charge in [-0.3, -0.25) is 4.79 Å². The summed E-state index contributed by atoms with van der Waals surface area (Å²) in [5.41, 5.74) is 2.11. The molecule has 0 spiro atoms. The molecule has 6 rings (SSSR count). The highest BCUT2D eigenvalue weighted by Crippen LogP contribution is 2.41. The van der Waals surface area contributed by atoms with Gasteiger partial charge in [0.2, 0.25) is 0 Å². The molecule has 3 aliphatic rings. The van der Waals surface area contributed by atoms with E-state index in [-0.39, 0.29) is 24.0 Å². The molecule has 0 bridgehead atoms. The van der Waals surface area contributed by atoms with Crippen molar-refractivity contribution in [2.75, 3.05) is 49.1 Å². The van der Waals surface area contributed by atoms with Crippen molar-refractivity contribution in [2.24, 2.45) is 0 Å². The number of phenolic OH excluding ortho intramolecular Hbond substituents is 1. The van der Waals surface area contributed by atoms with Crippen LogP contribution in [0, 0.1) is 5.82 Å². The third kappa shape index (κ3) is 5.19. The Kier molecular flexibility index (Phi) is 7.74. The molecule has 0 saturated carbocycles. The number of hydrogen-bond donors (Lipinski definition) is 1. The lowest BCUT2D eigenvalue weighted by Crippen LogP contribution is -2.29. The predicted molar refractivity (Wildman–Crippen MR) is 154 cm³/mol. The minimum Gasteiger partial charge on any atom is -0.508 e. The topological polar surface area (TPSA) is 82.0 Å². The van der Waals surface area contributed by atoms with Crippen LogP contribution in [0.1, 0.15) is 73.5 Å². The van der Waals surface area contributed by atoms with E-state index in [9.17, 15) is 14.3 Å². The minimum absolute atomic E-state index is 0.0285. The van der Waals surface area contributed by atoms with Crippen LogP contribution in [0.15, 0.2) is 24.3 Å². The number of anilines is 2. The second kappa shape index (κ2) is 11.6. The van der Waals surface area contributed by atoms with E-state index in [0.717, 1.165) is 64.8 Å². The molecule has 3 aromatic rings. The van der Waals surface area contributed by atoms with Crippen LogP contribution in [-0.4, -0.2) is 65.2 Å². The number of ether oxygens (including phenoxy) is 1. The second-order valence-electron chi connectivity index (χ2n) is 11.1. The molecular formula is C31H38FN5O3. The van der Waals surface area contributed by atoms with Gasteiger partial charge in [-0.15, -0.1) is 0 Å². The van der Waals surface area contributed by atoms with Crippen molar-refractivity contribution in [3.63, 3.8) is 0 Å². The predicted octanol–water partition coefficient (Wildman–Crippen LogP) is 5.44. The normalized spacial score (nSPS) is 18.0. The fourth-order valence-electron chi connectivity index (χ4n) is 6.43. The van der Waals surface area contributed by atoms with E-state index in [1.807, 2.05) is 6.92 Å². The lowest BCUT2D eigenvalue weighted by molar-refractivity contribution is 0.0997. The van der Waals surface area contributed by atoms with E-state index >= 15 is 0 Å². The molecule has 3 aliphatic heterocycles. The van der Waals surface area contributed by atoms with Crippen molar-refractivity contribution in [2.45, 2.75) is 64.8 Å². The first-order valence-electron chi connectivity index (χ1n) is 14.8. The average molecular weight is 548 g/mol. The lowest BCUT2D eigenvalue weighted by Gasteiger charge is -2.24. The number of halogens is 1. The Morgan fingerprint density at radius 3 is 2.50 bits per heavy atom. The van der Waals surface area contributed by atoms with Crippen LogP contribution in [0.5, 0.6) is 11.8 Å². The number of hydrogen-bond acceptors (Lipinski definition) is 7. The van der Waals surface area contributed by atoms with Gasteiger partial charge in [0.25, 0.3) is 5.91 Å². The average Bonchev–Trinajstić information content (AvgIpc) is 3.49. The molecule has 8 nitrogen and oxygen atoms in total. The summed E-state index contributed by atoms with van der Waals surface area (Å²) in [5.74, 6) is 0.106. The number of nitrogens with zero attached hydrogens (tertiary/aromatic N) is 5. The van der Waals surface area contributed by atoms with Crippen molar-refractivity contribution in [3.05, 3.63) is 46.9 Å². The molecule has 9 heteroatoms.